The van der Waals surface area contributed by atoms with Crippen LogP contribution in [0.1, 0.15) is 27.7 Å². The Morgan fingerprint density at radius 1 is 1.03 bits per heavy atom. The molecule has 0 aliphatic carbocycles. The van der Waals surface area contributed by atoms with Crippen LogP contribution in [0.2, 0.25) is 0 Å². The number of aliphatic hydroxyl groups excluding tert-OH is 1. The molecule has 0 fully saturated rings. The van der Waals surface area contributed by atoms with Crippen molar-refractivity contribution in [2.45, 2.75) is 16.1 Å². The number of aliphatic hydroxyl groups is 1. The first-order valence-electron chi connectivity index (χ1n) is 10.0. The van der Waals surface area contributed by atoms with Crippen molar-refractivity contribution in [3.8, 4) is 0 Å². The van der Waals surface area contributed by atoms with Gasteiger partial charge >= 0.3 is 0 Å². The van der Waals surface area contributed by atoms with E-state index in [1.165, 1.54) is 40.3 Å². The third kappa shape index (κ3) is 4.08. The van der Waals surface area contributed by atoms with Crippen LogP contribution in [0.4, 0.5) is 5.13 Å². The topological polar surface area (TPSA) is 96.5 Å². The summed E-state index contributed by atoms with van der Waals surface area (Å²) in [5, 5.41) is 19.5. The smallest absolute Gasteiger partial charge is 0.296 e. The molecule has 0 spiro atoms. The number of furan rings is 1. The second-order valence-electron chi connectivity index (χ2n) is 7.18. The average molecular weight is 476 g/mol. The molecule has 9 heteroatoms. The van der Waals surface area contributed by atoms with Crippen molar-refractivity contribution < 1.29 is 19.1 Å². The fourth-order valence-electron chi connectivity index (χ4n) is 3.60. The summed E-state index contributed by atoms with van der Waals surface area (Å²) in [7, 11) is 0. The summed E-state index contributed by atoms with van der Waals surface area (Å²) in [6, 6.07) is 21.2. The Balaban J connectivity index is 1.49. The van der Waals surface area contributed by atoms with Crippen LogP contribution in [0.25, 0.3) is 0 Å². The molecule has 0 saturated carbocycles. The van der Waals surface area contributed by atoms with Crippen LogP contribution in [0.15, 0.2) is 99.1 Å². The Bertz CT molecular complexity index is 1320. The van der Waals surface area contributed by atoms with E-state index in [9.17, 15) is 14.7 Å². The summed E-state index contributed by atoms with van der Waals surface area (Å²) in [6.45, 7) is 0. The minimum absolute atomic E-state index is 0.0449. The van der Waals surface area contributed by atoms with Crippen LogP contribution in [0.5, 0.6) is 0 Å². The van der Waals surface area contributed by atoms with Crippen molar-refractivity contribution in [2.24, 2.45) is 0 Å². The number of ketones is 1. The number of nitrogens with zero attached hydrogens (tertiary/aromatic N) is 3. The third-order valence-electron chi connectivity index (χ3n) is 5.12. The number of carbonyl (C=O) groups excluding carboxylic acids is 2. The molecule has 1 atom stereocenters. The highest BCUT2D eigenvalue weighted by Gasteiger charge is 2.46. The maximum absolute atomic E-state index is 13.2. The van der Waals surface area contributed by atoms with Crippen LogP contribution >= 0.6 is 23.1 Å². The zero-order valence-corrected chi connectivity index (χ0v) is 18.8. The lowest BCUT2D eigenvalue weighted by molar-refractivity contribution is -0.117. The Morgan fingerprint density at radius 2 is 1.76 bits per heavy atom. The lowest BCUT2D eigenvalue weighted by Crippen LogP contribution is -2.31. The van der Waals surface area contributed by atoms with E-state index in [4.69, 9.17) is 4.42 Å². The minimum atomic E-state index is -0.851. The summed E-state index contributed by atoms with van der Waals surface area (Å²) in [5.74, 6) is -1.11. The van der Waals surface area contributed by atoms with Crippen molar-refractivity contribution >= 4 is 39.9 Å². The van der Waals surface area contributed by atoms with Gasteiger partial charge in [-0.25, -0.2) is 0 Å². The first kappa shape index (κ1) is 21.2. The average Bonchev–Trinajstić information content (AvgIpc) is 3.60. The second-order valence-corrected chi connectivity index (χ2v) is 9.36. The van der Waals surface area contributed by atoms with Gasteiger partial charge in [-0.05, 0) is 23.3 Å². The molecule has 1 amide bonds. The van der Waals surface area contributed by atoms with Crippen molar-refractivity contribution in [3.63, 3.8) is 0 Å². The molecule has 7 nitrogen and oxygen atoms in total. The van der Waals surface area contributed by atoms with E-state index in [1.54, 1.807) is 18.2 Å². The van der Waals surface area contributed by atoms with Crippen LogP contribution < -0.4 is 4.90 Å². The normalized spacial score (nSPS) is 15.9. The van der Waals surface area contributed by atoms with Crippen LogP contribution in [0, 0.1) is 0 Å². The van der Waals surface area contributed by atoms with Crippen molar-refractivity contribution in [2.75, 3.05) is 4.90 Å². The standard InChI is InChI=1S/C24H17N3O4S2/c28-20(17-12-7-13-31-17)18-19(16-10-5-2-6-11-16)27(22(30)21(18)29)23-25-26-24(33-23)32-14-15-8-3-1-4-9-15/h1-13,19,29H,14H2/t19-/m1/s1. The van der Waals surface area contributed by atoms with E-state index in [1.807, 2.05) is 48.5 Å². The van der Waals surface area contributed by atoms with E-state index < -0.39 is 23.5 Å². The minimum Gasteiger partial charge on any atom is -0.503 e. The predicted octanol–water partition coefficient (Wildman–Crippen LogP) is 5.21. The molecule has 3 heterocycles. The number of carbonyl (C=O) groups is 2. The number of anilines is 1. The Morgan fingerprint density at radius 3 is 2.45 bits per heavy atom. The summed E-state index contributed by atoms with van der Waals surface area (Å²) < 4.78 is 5.92. The highest BCUT2D eigenvalue weighted by atomic mass is 32.2. The molecule has 0 unspecified atom stereocenters. The highest BCUT2D eigenvalue weighted by Crippen LogP contribution is 2.43. The largest absolute Gasteiger partial charge is 0.503 e. The number of Topliss-reactive ketones (excluding diaryl/α,β-unsaturated/α-hetero) is 1. The molecular formula is C24H17N3O4S2. The third-order valence-corrected chi connectivity index (χ3v) is 7.25. The van der Waals surface area contributed by atoms with Gasteiger partial charge in [0.15, 0.2) is 15.9 Å². The van der Waals surface area contributed by atoms with Crippen LogP contribution in [0.3, 0.4) is 0 Å². The van der Waals surface area contributed by atoms with E-state index in [2.05, 4.69) is 10.2 Å². The molecule has 0 saturated heterocycles. The molecule has 4 aromatic rings. The van der Waals surface area contributed by atoms with Gasteiger partial charge < -0.3 is 9.52 Å². The number of thioether (sulfide) groups is 1. The van der Waals surface area contributed by atoms with E-state index >= 15 is 0 Å². The van der Waals surface area contributed by atoms with Gasteiger partial charge in [0, 0.05) is 5.75 Å². The zero-order chi connectivity index (χ0) is 22.8. The number of rotatable bonds is 7. The quantitative estimate of drug-likeness (QED) is 0.223. The molecule has 164 valence electrons. The lowest BCUT2D eigenvalue weighted by Gasteiger charge is -2.23. The molecule has 33 heavy (non-hydrogen) atoms. The van der Waals surface area contributed by atoms with Gasteiger partial charge in [-0.2, -0.15) is 0 Å². The molecule has 2 aromatic carbocycles. The maximum atomic E-state index is 13.2. The predicted molar refractivity (Wildman–Crippen MR) is 125 cm³/mol. The van der Waals surface area contributed by atoms with Gasteiger partial charge in [-0.3, -0.25) is 14.5 Å². The van der Waals surface area contributed by atoms with Crippen molar-refractivity contribution in [3.05, 3.63) is 107 Å². The van der Waals surface area contributed by atoms with E-state index in [0.717, 1.165) is 5.56 Å². The highest BCUT2D eigenvalue weighted by molar-refractivity contribution is 8.00. The first-order chi connectivity index (χ1) is 16.1. The molecule has 0 radical (unpaired) electrons. The Hall–Kier alpha value is -3.69. The van der Waals surface area contributed by atoms with Gasteiger partial charge in [-0.1, -0.05) is 83.8 Å². The Kier molecular flexibility index (Phi) is 5.80. The van der Waals surface area contributed by atoms with Crippen molar-refractivity contribution in [1.82, 2.24) is 10.2 Å². The molecule has 1 N–H and O–H groups in total. The van der Waals surface area contributed by atoms with Crippen LogP contribution in [-0.4, -0.2) is 27.0 Å². The number of amides is 1. The molecular weight excluding hydrogens is 458 g/mol. The van der Waals surface area contributed by atoms with Gasteiger partial charge in [-0.15, -0.1) is 10.2 Å². The molecule has 1 aliphatic heterocycles. The van der Waals surface area contributed by atoms with Crippen molar-refractivity contribution in [1.29, 1.82) is 0 Å². The van der Waals surface area contributed by atoms with Gasteiger partial charge in [0.25, 0.3) is 5.91 Å². The fourth-order valence-corrected chi connectivity index (χ4v) is 5.43. The van der Waals surface area contributed by atoms with E-state index in [0.29, 0.717) is 20.8 Å². The van der Waals surface area contributed by atoms with E-state index in [-0.39, 0.29) is 11.3 Å². The fraction of sp³-hybridized carbons (Fsp3) is 0.0833. The first-order valence-corrected chi connectivity index (χ1v) is 11.8. The van der Waals surface area contributed by atoms with Gasteiger partial charge in [0.2, 0.25) is 10.9 Å². The number of hydrogen-bond acceptors (Lipinski definition) is 8. The summed E-state index contributed by atoms with van der Waals surface area (Å²) in [4.78, 5) is 27.6. The number of hydrogen-bond donors (Lipinski definition) is 1. The second kappa shape index (κ2) is 9.05. The molecule has 1 aliphatic rings. The molecule has 2 aromatic heterocycles. The van der Waals surface area contributed by atoms with Gasteiger partial charge in [0.1, 0.15) is 0 Å². The zero-order valence-electron chi connectivity index (χ0n) is 17.1. The SMILES string of the molecule is O=C(C1=C(O)C(=O)N(c2nnc(SCc3ccccc3)s2)[C@@H]1c1ccccc1)c1ccco1. The molecule has 0 bridgehead atoms. The molecule has 5 rings (SSSR count). The summed E-state index contributed by atoms with van der Waals surface area (Å²) in [5.41, 5.74) is 1.76. The van der Waals surface area contributed by atoms with Crippen LogP contribution in [-0.2, 0) is 10.5 Å². The lowest BCUT2D eigenvalue weighted by atomic mass is 9.95. The Labute approximate surface area is 197 Å². The monoisotopic (exact) mass is 475 g/mol. The van der Waals surface area contributed by atoms with Gasteiger partial charge in [0.05, 0.1) is 17.9 Å². The summed E-state index contributed by atoms with van der Waals surface area (Å²) >= 11 is 2.74. The number of aromatic nitrogens is 2. The summed E-state index contributed by atoms with van der Waals surface area (Å²) in [6.07, 6.45) is 1.37. The maximum Gasteiger partial charge on any atom is 0.296 e. The number of benzene rings is 2.